The standard InChI is InChI=1S/C25H28F2N6O4/c1-18-15-24(19-7-8-20(26)21(27)16-19)32(25(35)28-18)31(17-34)10-4-9-29-11-13-30(14-12-29)22-5-2-3-6-23(22)33(36)37/h2-3,5-8,16-17,24H,4,9-15H2,1H3. The van der Waals surface area contributed by atoms with Gasteiger partial charge in [0.25, 0.3) is 5.69 Å². The predicted octanol–water partition coefficient (Wildman–Crippen LogP) is 3.79. The minimum Gasteiger partial charge on any atom is -0.363 e. The first-order chi connectivity index (χ1) is 17.8. The van der Waals surface area contributed by atoms with Crippen LogP contribution in [0.15, 0.2) is 47.5 Å². The van der Waals surface area contributed by atoms with Gasteiger partial charge in [-0.3, -0.25) is 24.8 Å². The maximum Gasteiger partial charge on any atom is 0.362 e. The predicted molar refractivity (Wildman–Crippen MR) is 133 cm³/mol. The van der Waals surface area contributed by atoms with Crippen LogP contribution in [-0.4, -0.2) is 77.3 Å². The molecule has 0 spiro atoms. The first-order valence-corrected chi connectivity index (χ1v) is 12.0. The van der Waals surface area contributed by atoms with E-state index in [2.05, 4.69) is 9.89 Å². The summed E-state index contributed by atoms with van der Waals surface area (Å²) in [6.07, 6.45) is 1.39. The van der Waals surface area contributed by atoms with Crippen LogP contribution < -0.4 is 4.90 Å². The van der Waals surface area contributed by atoms with Crippen LogP contribution in [-0.2, 0) is 4.79 Å². The highest BCUT2D eigenvalue weighted by Crippen LogP contribution is 2.31. The van der Waals surface area contributed by atoms with E-state index in [0.717, 1.165) is 12.1 Å². The molecule has 4 rings (SSSR count). The molecule has 0 saturated carbocycles. The lowest BCUT2D eigenvalue weighted by Crippen LogP contribution is -2.51. The molecule has 1 saturated heterocycles. The quantitative estimate of drug-likeness (QED) is 0.287. The van der Waals surface area contributed by atoms with Crippen molar-refractivity contribution in [3.8, 4) is 0 Å². The van der Waals surface area contributed by atoms with Gasteiger partial charge < -0.3 is 4.90 Å². The minimum atomic E-state index is -1.03. The van der Waals surface area contributed by atoms with Crippen molar-refractivity contribution in [1.82, 2.24) is 14.9 Å². The van der Waals surface area contributed by atoms with Gasteiger partial charge in [0, 0.05) is 57.5 Å². The average Bonchev–Trinajstić information content (AvgIpc) is 2.89. The van der Waals surface area contributed by atoms with E-state index in [1.807, 2.05) is 4.90 Å². The normalized spacial score (nSPS) is 18.5. The van der Waals surface area contributed by atoms with Crippen LogP contribution >= 0.6 is 0 Å². The van der Waals surface area contributed by atoms with Crippen molar-refractivity contribution in [2.45, 2.75) is 25.8 Å². The smallest absolute Gasteiger partial charge is 0.362 e. The largest absolute Gasteiger partial charge is 0.363 e. The zero-order valence-electron chi connectivity index (χ0n) is 20.4. The number of halogens is 2. The molecule has 12 heteroatoms. The van der Waals surface area contributed by atoms with Gasteiger partial charge in [0.1, 0.15) is 5.69 Å². The second kappa shape index (κ2) is 11.4. The van der Waals surface area contributed by atoms with Gasteiger partial charge in [-0.1, -0.05) is 18.2 Å². The van der Waals surface area contributed by atoms with Crippen LogP contribution in [0, 0.1) is 21.7 Å². The van der Waals surface area contributed by atoms with Crippen molar-refractivity contribution in [3.63, 3.8) is 0 Å². The number of rotatable bonds is 9. The van der Waals surface area contributed by atoms with E-state index in [9.17, 15) is 28.5 Å². The Morgan fingerprint density at radius 2 is 1.86 bits per heavy atom. The monoisotopic (exact) mass is 514 g/mol. The summed E-state index contributed by atoms with van der Waals surface area (Å²) < 4.78 is 27.4. The number of urea groups is 1. The van der Waals surface area contributed by atoms with Crippen molar-refractivity contribution < 1.29 is 23.3 Å². The molecule has 2 heterocycles. The third kappa shape index (κ3) is 5.91. The van der Waals surface area contributed by atoms with E-state index in [-0.39, 0.29) is 23.6 Å². The molecule has 196 valence electrons. The van der Waals surface area contributed by atoms with Gasteiger partial charge in [-0.25, -0.2) is 23.6 Å². The zero-order valence-corrected chi connectivity index (χ0v) is 20.4. The summed E-state index contributed by atoms with van der Waals surface area (Å²) in [5.41, 5.74) is 1.59. The summed E-state index contributed by atoms with van der Waals surface area (Å²) in [6.45, 7) is 5.19. The first-order valence-electron chi connectivity index (χ1n) is 12.0. The fourth-order valence-corrected chi connectivity index (χ4v) is 4.79. The van der Waals surface area contributed by atoms with E-state index >= 15 is 0 Å². The molecular weight excluding hydrogens is 486 g/mol. The van der Waals surface area contributed by atoms with Gasteiger partial charge in [0.2, 0.25) is 6.41 Å². The van der Waals surface area contributed by atoms with Crippen molar-refractivity contribution in [2.75, 3.05) is 44.2 Å². The van der Waals surface area contributed by atoms with Gasteiger partial charge in [-0.15, -0.1) is 0 Å². The molecule has 1 atom stereocenters. The molecule has 2 aliphatic heterocycles. The second-order valence-corrected chi connectivity index (χ2v) is 9.06. The number of aliphatic imine (C=N–C) groups is 1. The van der Waals surface area contributed by atoms with Crippen molar-refractivity contribution in [3.05, 3.63) is 69.8 Å². The number of anilines is 1. The molecule has 1 unspecified atom stereocenters. The van der Waals surface area contributed by atoms with Gasteiger partial charge in [0.05, 0.1) is 11.0 Å². The number of hydrazine groups is 1. The summed E-state index contributed by atoms with van der Waals surface area (Å²) in [6, 6.07) is 8.80. The highest BCUT2D eigenvalue weighted by Gasteiger charge is 2.34. The Morgan fingerprint density at radius 3 is 2.54 bits per heavy atom. The minimum absolute atomic E-state index is 0.0808. The third-order valence-corrected chi connectivity index (χ3v) is 6.65. The van der Waals surface area contributed by atoms with Crippen LogP contribution in [0.3, 0.4) is 0 Å². The number of benzene rings is 2. The summed E-state index contributed by atoms with van der Waals surface area (Å²) in [5, 5.41) is 13.8. The number of piperazine rings is 1. The molecule has 2 aromatic rings. The molecule has 2 aliphatic rings. The summed E-state index contributed by atoms with van der Waals surface area (Å²) in [7, 11) is 0. The first kappa shape index (κ1) is 26.1. The summed E-state index contributed by atoms with van der Waals surface area (Å²) in [5.74, 6) is -2.01. The van der Waals surface area contributed by atoms with Crippen molar-refractivity contribution in [2.24, 2.45) is 4.99 Å². The molecule has 10 nitrogen and oxygen atoms in total. The van der Waals surface area contributed by atoms with E-state index in [0.29, 0.717) is 62.5 Å². The van der Waals surface area contributed by atoms with Gasteiger partial charge >= 0.3 is 6.03 Å². The van der Waals surface area contributed by atoms with Crippen LogP contribution in [0.25, 0.3) is 0 Å². The fourth-order valence-electron chi connectivity index (χ4n) is 4.79. The molecular formula is C25H28F2N6O4. The third-order valence-electron chi connectivity index (χ3n) is 6.65. The molecule has 0 N–H and O–H groups in total. The molecule has 0 radical (unpaired) electrons. The van der Waals surface area contributed by atoms with Gasteiger partial charge in [-0.2, -0.15) is 0 Å². The topological polar surface area (TPSA) is 103 Å². The number of nitrogens with zero attached hydrogens (tertiary/aromatic N) is 6. The highest BCUT2D eigenvalue weighted by atomic mass is 19.2. The van der Waals surface area contributed by atoms with Crippen LogP contribution in [0.5, 0.6) is 0 Å². The average molecular weight is 515 g/mol. The maximum atomic E-state index is 13.9. The molecule has 1 fully saturated rings. The Hall–Kier alpha value is -3.93. The SMILES string of the molecule is CC1=NC(=O)N(N(C=O)CCCN2CCN(c3ccccc3[N+](=O)[O-])CC2)C(c2ccc(F)c(F)c2)C1. The Bertz CT molecular complexity index is 1200. The molecule has 0 aromatic heterocycles. The Kier molecular flexibility index (Phi) is 8.07. The summed E-state index contributed by atoms with van der Waals surface area (Å²) >= 11 is 0. The Labute approximate surface area is 212 Å². The number of amides is 3. The summed E-state index contributed by atoms with van der Waals surface area (Å²) in [4.78, 5) is 43.9. The number of nitro groups is 1. The van der Waals surface area contributed by atoms with Crippen molar-refractivity contribution >= 4 is 29.5 Å². The second-order valence-electron chi connectivity index (χ2n) is 9.06. The van der Waals surface area contributed by atoms with Crippen LogP contribution in [0.4, 0.5) is 25.0 Å². The van der Waals surface area contributed by atoms with Crippen LogP contribution in [0.1, 0.15) is 31.4 Å². The number of hydrogen-bond acceptors (Lipinski definition) is 6. The molecule has 0 aliphatic carbocycles. The number of para-hydroxylation sites is 2. The molecule has 2 aromatic carbocycles. The Morgan fingerprint density at radius 1 is 1.14 bits per heavy atom. The van der Waals surface area contributed by atoms with E-state index in [1.54, 1.807) is 25.1 Å². The number of hydrogen-bond donors (Lipinski definition) is 0. The number of carbonyl (C=O) groups is 2. The van der Waals surface area contributed by atoms with E-state index < -0.39 is 23.7 Å². The maximum absolute atomic E-state index is 13.9. The van der Waals surface area contributed by atoms with Crippen LogP contribution in [0.2, 0.25) is 0 Å². The van der Waals surface area contributed by atoms with Crippen molar-refractivity contribution in [1.29, 1.82) is 0 Å². The van der Waals surface area contributed by atoms with E-state index in [1.165, 1.54) is 22.2 Å². The van der Waals surface area contributed by atoms with Gasteiger partial charge in [0.15, 0.2) is 11.6 Å². The molecule has 37 heavy (non-hydrogen) atoms. The highest BCUT2D eigenvalue weighted by molar-refractivity contribution is 5.96. The lowest BCUT2D eigenvalue weighted by Gasteiger charge is -2.40. The van der Waals surface area contributed by atoms with E-state index in [4.69, 9.17) is 0 Å². The lowest BCUT2D eigenvalue weighted by atomic mass is 9.99. The molecule has 0 bridgehead atoms. The van der Waals surface area contributed by atoms with Gasteiger partial charge in [-0.05, 0) is 37.1 Å². The zero-order chi connectivity index (χ0) is 26.5. The fraction of sp³-hybridized carbons (Fsp3) is 0.400. The Balaban J connectivity index is 1.36. The molecule has 3 amide bonds. The lowest BCUT2D eigenvalue weighted by molar-refractivity contribution is -0.384. The number of carbonyl (C=O) groups excluding carboxylic acids is 2. The number of nitro benzene ring substituents is 1.